The summed E-state index contributed by atoms with van der Waals surface area (Å²) in [6, 6.07) is 1.64. The molecule has 3 nitrogen and oxygen atoms in total. The minimum atomic E-state index is -1.01. The summed E-state index contributed by atoms with van der Waals surface area (Å²) in [6.45, 7) is 5.87. The van der Waals surface area contributed by atoms with Gasteiger partial charge in [-0.2, -0.15) is 5.26 Å². The largest absolute Gasteiger partial charge is 0.376 e. The van der Waals surface area contributed by atoms with Crippen molar-refractivity contribution < 1.29 is 9.84 Å². The van der Waals surface area contributed by atoms with Crippen LogP contribution in [-0.2, 0) is 4.74 Å². The molecule has 0 spiro atoms. The molecule has 0 fully saturated rings. The lowest BCUT2D eigenvalue weighted by molar-refractivity contribution is 0.0754. The average Bonchev–Trinajstić information content (AvgIpc) is 1.87. The van der Waals surface area contributed by atoms with Gasteiger partial charge in [0.05, 0.1) is 19.3 Å². The fraction of sp³-hybridized carbons (Fsp3) is 0.571. The second-order valence-corrected chi connectivity index (χ2v) is 2.12. The van der Waals surface area contributed by atoms with Crippen LogP contribution in [-0.4, -0.2) is 24.4 Å². The van der Waals surface area contributed by atoms with Crippen molar-refractivity contribution >= 4 is 0 Å². The third-order valence-electron chi connectivity index (χ3n) is 0.773. The second-order valence-electron chi connectivity index (χ2n) is 2.12. The third kappa shape index (κ3) is 5.29. The van der Waals surface area contributed by atoms with Crippen LogP contribution in [0, 0.1) is 11.3 Å². The molecule has 1 N–H and O–H groups in total. The molecule has 0 aliphatic heterocycles. The SMILES string of the molecule is C=C(C)COCC(O)C#N. The van der Waals surface area contributed by atoms with E-state index in [0.29, 0.717) is 6.61 Å². The maximum absolute atomic E-state index is 8.66. The topological polar surface area (TPSA) is 53.2 Å². The molecule has 0 heterocycles. The number of hydrogen-bond acceptors (Lipinski definition) is 3. The summed E-state index contributed by atoms with van der Waals surface area (Å²) in [7, 11) is 0. The molecule has 0 saturated heterocycles. The molecule has 0 amide bonds. The Hall–Kier alpha value is -0.850. The van der Waals surface area contributed by atoms with Crippen molar-refractivity contribution in [2.45, 2.75) is 13.0 Å². The molecular formula is C7H11NO2. The van der Waals surface area contributed by atoms with E-state index in [1.54, 1.807) is 6.07 Å². The molecule has 1 atom stereocenters. The highest BCUT2D eigenvalue weighted by atomic mass is 16.5. The zero-order chi connectivity index (χ0) is 7.98. The summed E-state index contributed by atoms with van der Waals surface area (Å²) in [5, 5.41) is 16.8. The van der Waals surface area contributed by atoms with E-state index in [-0.39, 0.29) is 6.61 Å². The van der Waals surface area contributed by atoms with Gasteiger partial charge in [0.25, 0.3) is 0 Å². The van der Waals surface area contributed by atoms with Gasteiger partial charge in [0, 0.05) is 0 Å². The first-order valence-electron chi connectivity index (χ1n) is 2.96. The maximum Gasteiger partial charge on any atom is 0.163 e. The highest BCUT2D eigenvalue weighted by Crippen LogP contribution is 1.89. The first-order chi connectivity index (χ1) is 4.66. The van der Waals surface area contributed by atoms with Gasteiger partial charge in [0.2, 0.25) is 0 Å². The van der Waals surface area contributed by atoms with Crippen molar-refractivity contribution in [1.82, 2.24) is 0 Å². The molecular weight excluding hydrogens is 130 g/mol. The van der Waals surface area contributed by atoms with Crippen LogP contribution in [0.2, 0.25) is 0 Å². The van der Waals surface area contributed by atoms with Crippen LogP contribution in [0.4, 0.5) is 0 Å². The third-order valence-corrected chi connectivity index (χ3v) is 0.773. The van der Waals surface area contributed by atoms with Gasteiger partial charge in [-0.15, -0.1) is 0 Å². The number of nitrogens with zero attached hydrogens (tertiary/aromatic N) is 1. The van der Waals surface area contributed by atoms with Gasteiger partial charge in [-0.3, -0.25) is 0 Å². The number of ether oxygens (including phenoxy) is 1. The van der Waals surface area contributed by atoms with Crippen LogP contribution in [0.15, 0.2) is 12.2 Å². The van der Waals surface area contributed by atoms with E-state index < -0.39 is 6.10 Å². The normalized spacial score (nSPS) is 12.1. The minimum Gasteiger partial charge on any atom is -0.376 e. The summed E-state index contributed by atoms with van der Waals surface area (Å²) in [4.78, 5) is 0. The van der Waals surface area contributed by atoms with Gasteiger partial charge in [-0.25, -0.2) is 0 Å². The Morgan fingerprint density at radius 1 is 1.90 bits per heavy atom. The van der Waals surface area contributed by atoms with Crippen LogP contribution in [0.5, 0.6) is 0 Å². The maximum atomic E-state index is 8.66. The lowest BCUT2D eigenvalue weighted by Gasteiger charge is -2.02. The fourth-order valence-electron chi connectivity index (χ4n) is 0.382. The first kappa shape index (κ1) is 9.15. The molecule has 0 aliphatic rings. The van der Waals surface area contributed by atoms with Gasteiger partial charge >= 0.3 is 0 Å². The molecule has 3 heteroatoms. The van der Waals surface area contributed by atoms with Crippen molar-refractivity contribution in [3.8, 4) is 6.07 Å². The summed E-state index contributed by atoms with van der Waals surface area (Å²) >= 11 is 0. The zero-order valence-corrected chi connectivity index (χ0v) is 6.00. The molecule has 0 saturated carbocycles. The van der Waals surface area contributed by atoms with Gasteiger partial charge in [-0.05, 0) is 6.92 Å². The molecule has 0 radical (unpaired) electrons. The van der Waals surface area contributed by atoms with Crippen molar-refractivity contribution in [3.05, 3.63) is 12.2 Å². The Morgan fingerprint density at radius 3 is 2.90 bits per heavy atom. The van der Waals surface area contributed by atoms with E-state index in [0.717, 1.165) is 5.57 Å². The number of rotatable bonds is 4. The molecule has 56 valence electrons. The molecule has 0 rings (SSSR count). The highest BCUT2D eigenvalue weighted by molar-refractivity contribution is 4.88. The Morgan fingerprint density at radius 2 is 2.50 bits per heavy atom. The van der Waals surface area contributed by atoms with E-state index in [1.807, 2.05) is 6.92 Å². The standard InChI is InChI=1S/C7H11NO2/c1-6(2)4-10-5-7(9)3-8/h7,9H,1,4-5H2,2H3. The van der Waals surface area contributed by atoms with Crippen LogP contribution in [0.25, 0.3) is 0 Å². The Bertz CT molecular complexity index is 148. The van der Waals surface area contributed by atoms with Crippen LogP contribution < -0.4 is 0 Å². The van der Waals surface area contributed by atoms with E-state index in [2.05, 4.69) is 6.58 Å². The fourth-order valence-corrected chi connectivity index (χ4v) is 0.382. The van der Waals surface area contributed by atoms with Gasteiger partial charge in [0.15, 0.2) is 6.10 Å². The summed E-state index contributed by atoms with van der Waals surface area (Å²) in [5.41, 5.74) is 0.880. The van der Waals surface area contributed by atoms with E-state index >= 15 is 0 Å². The van der Waals surface area contributed by atoms with Crippen molar-refractivity contribution in [2.75, 3.05) is 13.2 Å². The van der Waals surface area contributed by atoms with Crippen molar-refractivity contribution in [3.63, 3.8) is 0 Å². The highest BCUT2D eigenvalue weighted by Gasteiger charge is 1.99. The summed E-state index contributed by atoms with van der Waals surface area (Å²) in [5.74, 6) is 0. The lowest BCUT2D eigenvalue weighted by atomic mass is 10.4. The van der Waals surface area contributed by atoms with Crippen molar-refractivity contribution in [2.24, 2.45) is 0 Å². The van der Waals surface area contributed by atoms with Gasteiger partial charge in [0.1, 0.15) is 0 Å². The Kier molecular flexibility index (Phi) is 4.55. The van der Waals surface area contributed by atoms with Crippen molar-refractivity contribution in [1.29, 1.82) is 5.26 Å². The smallest absolute Gasteiger partial charge is 0.163 e. The van der Waals surface area contributed by atoms with Crippen LogP contribution in [0.1, 0.15) is 6.92 Å². The van der Waals surface area contributed by atoms with E-state index in [9.17, 15) is 0 Å². The summed E-state index contributed by atoms with van der Waals surface area (Å²) < 4.78 is 4.88. The van der Waals surface area contributed by atoms with E-state index in [4.69, 9.17) is 15.1 Å². The summed E-state index contributed by atoms with van der Waals surface area (Å²) in [6.07, 6.45) is -1.01. The van der Waals surface area contributed by atoms with E-state index in [1.165, 1.54) is 0 Å². The molecule has 0 aromatic carbocycles. The van der Waals surface area contributed by atoms with Gasteiger partial charge < -0.3 is 9.84 Å². The van der Waals surface area contributed by atoms with Crippen LogP contribution in [0.3, 0.4) is 0 Å². The minimum absolute atomic E-state index is 0.0589. The second kappa shape index (κ2) is 4.98. The molecule has 10 heavy (non-hydrogen) atoms. The Labute approximate surface area is 60.5 Å². The first-order valence-corrected chi connectivity index (χ1v) is 2.96. The molecule has 0 aliphatic carbocycles. The molecule has 0 bridgehead atoms. The molecule has 1 unspecified atom stereocenters. The van der Waals surface area contributed by atoms with Crippen LogP contribution >= 0.6 is 0 Å². The number of hydrogen-bond donors (Lipinski definition) is 1. The molecule has 0 aromatic heterocycles. The number of aliphatic hydroxyl groups excluding tert-OH is 1. The Balaban J connectivity index is 3.22. The average molecular weight is 141 g/mol. The lowest BCUT2D eigenvalue weighted by Crippen LogP contribution is -2.13. The number of nitriles is 1. The predicted molar refractivity (Wildman–Crippen MR) is 37.3 cm³/mol. The quantitative estimate of drug-likeness (QED) is 0.457. The van der Waals surface area contributed by atoms with Gasteiger partial charge in [-0.1, -0.05) is 12.2 Å². The number of aliphatic hydroxyl groups is 1. The monoisotopic (exact) mass is 141 g/mol. The zero-order valence-electron chi connectivity index (χ0n) is 6.00. The molecule has 0 aromatic rings. The predicted octanol–water partition coefficient (Wildman–Crippen LogP) is 0.464.